The van der Waals surface area contributed by atoms with Crippen LogP contribution in [0.5, 0.6) is 11.5 Å². The van der Waals surface area contributed by atoms with Crippen molar-refractivity contribution < 1.29 is 14.2 Å². The Bertz CT molecular complexity index is 505. The molecule has 1 aromatic rings. The van der Waals surface area contributed by atoms with E-state index in [2.05, 4.69) is 26.0 Å². The molecule has 0 fully saturated rings. The van der Waals surface area contributed by atoms with E-state index in [1.54, 1.807) is 14.2 Å². The number of fused-ring (bicyclic) bond motifs is 1. The Labute approximate surface area is 142 Å². The lowest BCUT2D eigenvalue weighted by Crippen LogP contribution is -2.19. The minimum atomic E-state index is 0.114. The van der Waals surface area contributed by atoms with Gasteiger partial charge in [0.1, 0.15) is 0 Å². The molecule has 3 nitrogen and oxygen atoms in total. The fraction of sp³-hybridized carbons (Fsp3) is 0.647. The molecule has 0 radical (unpaired) electrons. The van der Waals surface area contributed by atoms with Crippen LogP contribution >= 0.6 is 23.4 Å². The van der Waals surface area contributed by atoms with E-state index in [1.807, 2.05) is 11.8 Å². The van der Waals surface area contributed by atoms with Gasteiger partial charge < -0.3 is 14.2 Å². The number of alkyl halides is 1. The minimum absolute atomic E-state index is 0.114. The molecule has 0 bridgehead atoms. The van der Waals surface area contributed by atoms with E-state index >= 15 is 0 Å². The van der Waals surface area contributed by atoms with Gasteiger partial charge in [0, 0.05) is 5.88 Å². The molecule has 22 heavy (non-hydrogen) atoms. The molecule has 1 heterocycles. The third kappa shape index (κ3) is 3.84. The quantitative estimate of drug-likeness (QED) is 0.564. The molecular weight excluding hydrogens is 320 g/mol. The molecule has 0 saturated carbocycles. The molecule has 1 aromatic carbocycles. The topological polar surface area (TPSA) is 27.7 Å². The van der Waals surface area contributed by atoms with Gasteiger partial charge in [0.15, 0.2) is 11.5 Å². The van der Waals surface area contributed by atoms with Gasteiger partial charge in [-0.25, -0.2) is 0 Å². The minimum Gasteiger partial charge on any atom is -0.493 e. The van der Waals surface area contributed by atoms with Crippen LogP contribution in [0.4, 0.5) is 0 Å². The molecule has 1 aliphatic rings. The summed E-state index contributed by atoms with van der Waals surface area (Å²) in [6.45, 7) is 5.85. The van der Waals surface area contributed by atoms with Crippen molar-refractivity contribution in [3.8, 4) is 11.5 Å². The monoisotopic (exact) mass is 344 g/mol. The van der Waals surface area contributed by atoms with Crippen molar-refractivity contribution in [2.45, 2.75) is 30.9 Å². The van der Waals surface area contributed by atoms with Crippen molar-refractivity contribution in [1.82, 2.24) is 0 Å². The third-order valence-electron chi connectivity index (χ3n) is 4.17. The van der Waals surface area contributed by atoms with Crippen molar-refractivity contribution in [3.05, 3.63) is 23.3 Å². The van der Waals surface area contributed by atoms with Crippen molar-refractivity contribution in [2.75, 3.05) is 39.1 Å². The van der Waals surface area contributed by atoms with E-state index in [0.29, 0.717) is 24.3 Å². The SMILES string of the molecule is COc1cc2c(cc1OC)C(C)(C)CCSC2COCCCl. The molecular formula is C17H25ClO3S. The lowest BCUT2D eigenvalue weighted by molar-refractivity contribution is 0.150. The number of methoxy groups -OCH3 is 2. The molecule has 1 atom stereocenters. The first kappa shape index (κ1) is 17.8. The highest BCUT2D eigenvalue weighted by Gasteiger charge is 2.32. The molecule has 1 unspecified atom stereocenters. The van der Waals surface area contributed by atoms with Crippen molar-refractivity contribution >= 4 is 23.4 Å². The number of rotatable bonds is 6. The molecule has 0 spiro atoms. The van der Waals surface area contributed by atoms with Gasteiger partial charge >= 0.3 is 0 Å². The Morgan fingerprint density at radius 1 is 1.23 bits per heavy atom. The average Bonchev–Trinajstić information content (AvgIpc) is 2.63. The number of ether oxygens (including phenoxy) is 3. The smallest absolute Gasteiger partial charge is 0.161 e. The highest BCUT2D eigenvalue weighted by atomic mass is 35.5. The number of thioether (sulfide) groups is 1. The first-order chi connectivity index (χ1) is 10.5. The second kappa shape index (κ2) is 7.80. The van der Waals surface area contributed by atoms with E-state index < -0.39 is 0 Å². The van der Waals surface area contributed by atoms with Gasteiger partial charge in [0.2, 0.25) is 0 Å². The van der Waals surface area contributed by atoms with Gasteiger partial charge in [0.25, 0.3) is 0 Å². The second-order valence-corrected chi connectivity index (χ2v) is 7.74. The summed E-state index contributed by atoms with van der Waals surface area (Å²) < 4.78 is 16.7. The Kier molecular flexibility index (Phi) is 6.30. The third-order valence-corrected chi connectivity index (χ3v) is 5.56. The number of benzene rings is 1. The predicted molar refractivity (Wildman–Crippen MR) is 93.9 cm³/mol. The highest BCUT2D eigenvalue weighted by Crippen LogP contribution is 2.47. The van der Waals surface area contributed by atoms with Crippen LogP contribution in [0.15, 0.2) is 12.1 Å². The molecule has 1 aliphatic heterocycles. The zero-order chi connectivity index (χ0) is 16.2. The van der Waals surface area contributed by atoms with Crippen LogP contribution < -0.4 is 9.47 Å². The maximum atomic E-state index is 5.72. The molecule has 0 aromatic heterocycles. The molecule has 5 heteroatoms. The Morgan fingerprint density at radius 3 is 2.55 bits per heavy atom. The van der Waals surface area contributed by atoms with Crippen molar-refractivity contribution in [2.24, 2.45) is 0 Å². The van der Waals surface area contributed by atoms with E-state index in [-0.39, 0.29) is 5.41 Å². The fourth-order valence-corrected chi connectivity index (χ4v) is 4.40. The largest absolute Gasteiger partial charge is 0.493 e. The molecule has 0 amide bonds. The molecule has 0 saturated heterocycles. The Morgan fingerprint density at radius 2 is 1.91 bits per heavy atom. The summed E-state index contributed by atoms with van der Waals surface area (Å²) in [6.07, 6.45) is 1.13. The van der Waals surface area contributed by atoms with Crippen LogP contribution in [0.2, 0.25) is 0 Å². The summed E-state index contributed by atoms with van der Waals surface area (Å²) in [5, 5.41) is 0.305. The van der Waals surface area contributed by atoms with Gasteiger partial charge in [-0.05, 0) is 40.8 Å². The Balaban J connectivity index is 2.43. The van der Waals surface area contributed by atoms with Crippen LogP contribution in [0.25, 0.3) is 0 Å². The van der Waals surface area contributed by atoms with Gasteiger partial charge in [-0.1, -0.05) is 13.8 Å². The van der Waals surface area contributed by atoms with E-state index in [9.17, 15) is 0 Å². The van der Waals surface area contributed by atoms with E-state index in [1.165, 1.54) is 11.1 Å². The van der Waals surface area contributed by atoms with Crippen LogP contribution in [0.1, 0.15) is 36.6 Å². The predicted octanol–water partition coefficient (Wildman–Crippen LogP) is 4.41. The summed E-state index contributed by atoms with van der Waals surface area (Å²) >= 11 is 7.66. The molecule has 2 rings (SSSR count). The van der Waals surface area contributed by atoms with Gasteiger partial charge in [-0.3, -0.25) is 0 Å². The van der Waals surface area contributed by atoms with Crippen LogP contribution in [-0.2, 0) is 10.2 Å². The van der Waals surface area contributed by atoms with Gasteiger partial charge in [-0.2, -0.15) is 11.8 Å². The van der Waals surface area contributed by atoms with E-state index in [4.69, 9.17) is 25.8 Å². The number of hydrogen-bond acceptors (Lipinski definition) is 4. The zero-order valence-corrected chi connectivity index (χ0v) is 15.4. The summed E-state index contributed by atoms with van der Waals surface area (Å²) in [7, 11) is 3.36. The van der Waals surface area contributed by atoms with E-state index in [0.717, 1.165) is 23.7 Å². The number of halogens is 1. The summed E-state index contributed by atoms with van der Waals surface area (Å²) in [4.78, 5) is 0. The fourth-order valence-electron chi connectivity index (χ4n) is 2.81. The summed E-state index contributed by atoms with van der Waals surface area (Å²) in [5.41, 5.74) is 2.73. The second-order valence-electron chi connectivity index (χ2n) is 6.05. The maximum absolute atomic E-state index is 5.72. The first-order valence-corrected chi connectivity index (χ1v) is 9.13. The highest BCUT2D eigenvalue weighted by molar-refractivity contribution is 7.99. The lowest BCUT2D eigenvalue weighted by Gasteiger charge is -2.27. The first-order valence-electron chi connectivity index (χ1n) is 7.55. The van der Waals surface area contributed by atoms with Gasteiger partial charge in [-0.15, -0.1) is 11.6 Å². The normalized spacial score (nSPS) is 20.1. The zero-order valence-electron chi connectivity index (χ0n) is 13.8. The van der Waals surface area contributed by atoms with Crippen molar-refractivity contribution in [1.29, 1.82) is 0 Å². The van der Waals surface area contributed by atoms with Crippen LogP contribution in [0.3, 0.4) is 0 Å². The summed E-state index contributed by atoms with van der Waals surface area (Å²) in [6, 6.07) is 4.25. The molecule has 124 valence electrons. The average molecular weight is 345 g/mol. The van der Waals surface area contributed by atoms with Crippen LogP contribution in [-0.4, -0.2) is 39.1 Å². The lowest BCUT2D eigenvalue weighted by atomic mass is 9.79. The standard InChI is InChI=1S/C17H25ClO3S/c1-17(2)5-8-22-16(11-21-7-6-18)12-9-14(19-3)15(20-4)10-13(12)17/h9-10,16H,5-8,11H2,1-4H3. The van der Waals surface area contributed by atoms with Crippen molar-refractivity contribution in [3.63, 3.8) is 0 Å². The van der Waals surface area contributed by atoms with Gasteiger partial charge in [0.05, 0.1) is 32.7 Å². The maximum Gasteiger partial charge on any atom is 0.161 e. The van der Waals surface area contributed by atoms with Crippen LogP contribution in [0, 0.1) is 0 Å². The molecule has 0 aliphatic carbocycles. The Hall–Kier alpha value is -0.580. The number of hydrogen-bond donors (Lipinski definition) is 0. The molecule has 0 N–H and O–H groups in total. The summed E-state index contributed by atoms with van der Waals surface area (Å²) in [5.74, 6) is 3.21.